The van der Waals surface area contributed by atoms with Crippen molar-refractivity contribution in [1.29, 1.82) is 0 Å². The molecule has 1 aliphatic heterocycles. The molecule has 0 atom stereocenters. The molecule has 0 saturated carbocycles. The Morgan fingerprint density at radius 2 is 1.63 bits per heavy atom. The Bertz CT molecular complexity index is 793. The molecule has 0 bridgehead atoms. The Balaban J connectivity index is 1.63. The summed E-state index contributed by atoms with van der Waals surface area (Å²) in [6.45, 7) is 10.3. The first-order valence-corrected chi connectivity index (χ1v) is 9.71. The molecule has 1 aliphatic rings. The molecule has 0 radical (unpaired) electrons. The molecule has 2 aromatic rings. The van der Waals surface area contributed by atoms with E-state index in [4.69, 9.17) is 5.10 Å². The quantitative estimate of drug-likeness (QED) is 0.714. The molecule has 0 aromatic heterocycles. The van der Waals surface area contributed by atoms with Gasteiger partial charge in [0.25, 0.3) is 0 Å². The molecule has 142 valence electrons. The van der Waals surface area contributed by atoms with Gasteiger partial charge in [0.05, 0.1) is 6.54 Å². The molecule has 3 rings (SSSR count). The third-order valence-electron chi connectivity index (χ3n) is 4.86. The van der Waals surface area contributed by atoms with E-state index in [1.54, 1.807) is 12.1 Å². The van der Waals surface area contributed by atoms with Crippen LogP contribution in [0.4, 0.5) is 0 Å². The summed E-state index contributed by atoms with van der Waals surface area (Å²) in [4.78, 5) is 2.25. The minimum atomic E-state index is 0.316. The molecule has 0 aliphatic carbocycles. The summed E-state index contributed by atoms with van der Waals surface area (Å²) in [5.74, 6) is 2.39. The lowest BCUT2D eigenvalue weighted by Gasteiger charge is -2.23. The average molecular weight is 364 g/mol. The third-order valence-corrected chi connectivity index (χ3v) is 4.86. The van der Waals surface area contributed by atoms with E-state index in [9.17, 15) is 5.11 Å². The van der Waals surface area contributed by atoms with E-state index in [2.05, 4.69) is 49.6 Å². The lowest BCUT2D eigenvalue weighted by atomic mass is 10.1. The van der Waals surface area contributed by atoms with Crippen molar-refractivity contribution in [2.45, 2.75) is 46.1 Å². The number of rotatable bonds is 8. The van der Waals surface area contributed by atoms with Crippen LogP contribution in [0, 0.1) is 6.92 Å². The van der Waals surface area contributed by atoms with Crippen LogP contribution in [0.3, 0.4) is 0 Å². The zero-order chi connectivity index (χ0) is 19.2. The van der Waals surface area contributed by atoms with Crippen LogP contribution >= 0.6 is 0 Å². The van der Waals surface area contributed by atoms with Gasteiger partial charge in [-0.1, -0.05) is 55.5 Å². The number of aryl methyl sites for hydroxylation is 2. The summed E-state index contributed by atoms with van der Waals surface area (Å²) in [6, 6.07) is 16.1. The Labute approximate surface area is 162 Å². The third kappa shape index (κ3) is 4.91. The van der Waals surface area contributed by atoms with Gasteiger partial charge in [0, 0.05) is 13.0 Å². The number of hydrazone groups is 1. The highest BCUT2D eigenvalue weighted by molar-refractivity contribution is 5.85. The first-order chi connectivity index (χ1) is 13.1. The number of nitrogens with zero attached hydrogens (tertiary/aromatic N) is 3. The van der Waals surface area contributed by atoms with Crippen LogP contribution in [0.2, 0.25) is 0 Å². The van der Waals surface area contributed by atoms with Crippen molar-refractivity contribution in [3.05, 3.63) is 77.6 Å². The highest BCUT2D eigenvalue weighted by Gasteiger charge is 2.26. The van der Waals surface area contributed by atoms with Gasteiger partial charge in [-0.2, -0.15) is 5.10 Å². The van der Waals surface area contributed by atoms with Crippen LogP contribution in [0.15, 0.2) is 66.0 Å². The maximum absolute atomic E-state index is 9.40. The van der Waals surface area contributed by atoms with Crippen molar-refractivity contribution in [2.75, 3.05) is 6.54 Å². The molecule has 0 fully saturated rings. The summed E-state index contributed by atoms with van der Waals surface area (Å²) in [6.07, 6.45) is 3.98. The van der Waals surface area contributed by atoms with Crippen LogP contribution in [-0.4, -0.2) is 27.4 Å². The monoisotopic (exact) mass is 363 g/mol. The van der Waals surface area contributed by atoms with Gasteiger partial charge >= 0.3 is 0 Å². The first-order valence-electron chi connectivity index (χ1n) is 9.71. The van der Waals surface area contributed by atoms with Gasteiger partial charge in [0.1, 0.15) is 17.4 Å². The number of amidine groups is 1. The predicted octanol–water partition coefficient (Wildman–Crippen LogP) is 5.04. The van der Waals surface area contributed by atoms with Crippen molar-refractivity contribution in [3.8, 4) is 5.75 Å². The maximum atomic E-state index is 9.40. The fraction of sp³-hybridized carbons (Fsp3) is 0.348. The Hall–Kier alpha value is -2.75. The largest absolute Gasteiger partial charge is 0.508 e. The second-order valence-electron chi connectivity index (χ2n) is 7.15. The summed E-state index contributed by atoms with van der Waals surface area (Å²) >= 11 is 0. The van der Waals surface area contributed by atoms with E-state index in [1.165, 1.54) is 16.7 Å². The first kappa shape index (κ1) is 19.0. The standard InChI is InChI=1S/C23H29N3O/c1-4-16-25-19(3)26(17-21-10-8-18(2)9-11-21)24-23(25)7-5-6-20-12-14-22(27)15-13-20/h8-15,27H,3-7,16-17H2,1-2H3. The minimum absolute atomic E-state index is 0.316. The van der Waals surface area contributed by atoms with Crippen LogP contribution < -0.4 is 0 Å². The molecule has 4 nitrogen and oxygen atoms in total. The van der Waals surface area contributed by atoms with Crippen molar-refractivity contribution in [2.24, 2.45) is 5.10 Å². The van der Waals surface area contributed by atoms with Gasteiger partial charge in [0.15, 0.2) is 0 Å². The molecule has 2 aromatic carbocycles. The highest BCUT2D eigenvalue weighted by atomic mass is 16.3. The van der Waals surface area contributed by atoms with Gasteiger partial charge in [-0.3, -0.25) is 0 Å². The van der Waals surface area contributed by atoms with Gasteiger partial charge < -0.3 is 10.0 Å². The second-order valence-corrected chi connectivity index (χ2v) is 7.15. The number of hydrogen-bond donors (Lipinski definition) is 1. The lowest BCUT2D eigenvalue weighted by molar-refractivity contribution is 0.312. The zero-order valence-corrected chi connectivity index (χ0v) is 16.4. The number of aromatic hydroxyl groups is 1. The summed E-state index contributed by atoms with van der Waals surface area (Å²) < 4.78 is 0. The molecule has 0 saturated heterocycles. The fourth-order valence-electron chi connectivity index (χ4n) is 3.31. The van der Waals surface area contributed by atoms with E-state index < -0.39 is 0 Å². The van der Waals surface area contributed by atoms with Gasteiger partial charge in [-0.25, -0.2) is 5.01 Å². The number of benzene rings is 2. The SMILES string of the molecule is C=C1N(Cc2ccc(C)cc2)N=C(CCCc2ccc(O)cc2)N1CCC. The van der Waals surface area contributed by atoms with Gasteiger partial charge in [0.2, 0.25) is 0 Å². The molecule has 1 heterocycles. The van der Waals surface area contributed by atoms with E-state index >= 15 is 0 Å². The average Bonchev–Trinajstić information content (AvgIpc) is 2.95. The Morgan fingerprint density at radius 1 is 0.963 bits per heavy atom. The van der Waals surface area contributed by atoms with Crippen molar-refractivity contribution in [1.82, 2.24) is 9.91 Å². The maximum Gasteiger partial charge on any atom is 0.131 e. The molecular weight excluding hydrogens is 334 g/mol. The molecule has 0 spiro atoms. The van der Waals surface area contributed by atoms with Crippen molar-refractivity contribution >= 4 is 5.84 Å². The molecule has 27 heavy (non-hydrogen) atoms. The second kappa shape index (κ2) is 8.76. The molecule has 4 heteroatoms. The highest BCUT2D eigenvalue weighted by Crippen LogP contribution is 2.24. The number of phenols is 1. The number of phenolic OH excluding ortho intramolecular Hbond substituents is 1. The van der Waals surface area contributed by atoms with E-state index in [0.717, 1.165) is 50.4 Å². The van der Waals surface area contributed by atoms with E-state index in [0.29, 0.717) is 5.75 Å². The van der Waals surface area contributed by atoms with Crippen molar-refractivity contribution in [3.63, 3.8) is 0 Å². The minimum Gasteiger partial charge on any atom is -0.508 e. The smallest absolute Gasteiger partial charge is 0.131 e. The predicted molar refractivity (Wildman–Crippen MR) is 111 cm³/mol. The van der Waals surface area contributed by atoms with Crippen LogP contribution in [0.1, 0.15) is 42.9 Å². The molecular formula is C23H29N3O. The van der Waals surface area contributed by atoms with E-state index in [1.807, 2.05) is 17.1 Å². The molecule has 0 unspecified atom stereocenters. The van der Waals surface area contributed by atoms with Gasteiger partial charge in [-0.05, 0) is 49.4 Å². The molecule has 1 N–H and O–H groups in total. The summed E-state index contributed by atoms with van der Waals surface area (Å²) in [5.41, 5.74) is 3.75. The van der Waals surface area contributed by atoms with Crippen LogP contribution in [-0.2, 0) is 13.0 Å². The summed E-state index contributed by atoms with van der Waals surface area (Å²) in [5, 5.41) is 16.3. The normalized spacial score (nSPS) is 14.0. The van der Waals surface area contributed by atoms with Crippen LogP contribution in [0.25, 0.3) is 0 Å². The topological polar surface area (TPSA) is 39.1 Å². The van der Waals surface area contributed by atoms with Crippen LogP contribution in [0.5, 0.6) is 5.75 Å². The Morgan fingerprint density at radius 3 is 2.30 bits per heavy atom. The molecule has 0 amide bonds. The number of hydrogen-bond acceptors (Lipinski definition) is 4. The summed E-state index contributed by atoms with van der Waals surface area (Å²) in [7, 11) is 0. The van der Waals surface area contributed by atoms with Gasteiger partial charge in [-0.15, -0.1) is 0 Å². The van der Waals surface area contributed by atoms with E-state index in [-0.39, 0.29) is 0 Å². The lowest BCUT2D eigenvalue weighted by Crippen LogP contribution is -2.29. The fourth-order valence-corrected chi connectivity index (χ4v) is 3.31. The zero-order valence-electron chi connectivity index (χ0n) is 16.4. The van der Waals surface area contributed by atoms with Crippen molar-refractivity contribution < 1.29 is 5.11 Å². The Kier molecular flexibility index (Phi) is 6.17.